The van der Waals surface area contributed by atoms with Crippen LogP contribution in [0.2, 0.25) is 0 Å². The highest BCUT2D eigenvalue weighted by molar-refractivity contribution is 5.49. The van der Waals surface area contributed by atoms with Crippen LogP contribution in [0.1, 0.15) is 31.2 Å². The number of hydrogen-bond donors (Lipinski definition) is 3. The SMILES string of the molecule is NNc1cc(C(F)(F)F)cc(NCC2CCCC2)n1. The number of halogens is 3. The van der Waals surface area contributed by atoms with Gasteiger partial charge in [-0.2, -0.15) is 13.2 Å². The van der Waals surface area contributed by atoms with Gasteiger partial charge in [0.25, 0.3) is 0 Å². The molecule has 1 aliphatic carbocycles. The van der Waals surface area contributed by atoms with Crippen molar-refractivity contribution in [3.63, 3.8) is 0 Å². The summed E-state index contributed by atoms with van der Waals surface area (Å²) in [6.07, 6.45) is 0.218. The number of hydrogen-bond acceptors (Lipinski definition) is 4. The largest absolute Gasteiger partial charge is 0.416 e. The normalized spacial score (nSPS) is 16.6. The van der Waals surface area contributed by atoms with Gasteiger partial charge in [-0.3, -0.25) is 0 Å². The predicted octanol–water partition coefficient (Wildman–Crippen LogP) is 2.99. The Morgan fingerprint density at radius 3 is 2.42 bits per heavy atom. The number of nitrogens with one attached hydrogen (secondary N) is 2. The first-order chi connectivity index (χ1) is 8.99. The highest BCUT2D eigenvalue weighted by atomic mass is 19.4. The number of nitrogen functional groups attached to an aromatic ring is 1. The Kier molecular flexibility index (Phi) is 4.14. The Bertz CT molecular complexity index is 427. The molecule has 0 radical (unpaired) electrons. The minimum Gasteiger partial charge on any atom is -0.370 e. The molecule has 2 rings (SSSR count). The second kappa shape index (κ2) is 5.64. The summed E-state index contributed by atoms with van der Waals surface area (Å²) in [5.74, 6) is 5.87. The second-order valence-electron chi connectivity index (χ2n) is 4.80. The second-order valence-corrected chi connectivity index (χ2v) is 4.80. The lowest BCUT2D eigenvalue weighted by Crippen LogP contribution is -2.16. The Morgan fingerprint density at radius 1 is 1.21 bits per heavy atom. The van der Waals surface area contributed by atoms with Gasteiger partial charge in [-0.25, -0.2) is 10.8 Å². The van der Waals surface area contributed by atoms with Gasteiger partial charge in [0.2, 0.25) is 0 Å². The lowest BCUT2D eigenvalue weighted by molar-refractivity contribution is -0.137. The molecular formula is C12H17F3N4. The summed E-state index contributed by atoms with van der Waals surface area (Å²) in [4.78, 5) is 3.98. The maximum Gasteiger partial charge on any atom is 0.416 e. The molecule has 1 fully saturated rings. The summed E-state index contributed by atoms with van der Waals surface area (Å²) in [7, 11) is 0. The fourth-order valence-electron chi connectivity index (χ4n) is 2.32. The van der Waals surface area contributed by atoms with Crippen molar-refractivity contribution in [2.75, 3.05) is 17.3 Å². The van der Waals surface area contributed by atoms with Crippen LogP contribution in [0, 0.1) is 5.92 Å². The molecular weight excluding hydrogens is 257 g/mol. The monoisotopic (exact) mass is 274 g/mol. The molecule has 1 heterocycles. The van der Waals surface area contributed by atoms with Crippen LogP contribution in [0.4, 0.5) is 24.8 Å². The van der Waals surface area contributed by atoms with Crippen molar-refractivity contribution in [3.8, 4) is 0 Å². The average molecular weight is 274 g/mol. The summed E-state index contributed by atoms with van der Waals surface area (Å²) in [6.45, 7) is 0.651. The molecule has 4 nitrogen and oxygen atoms in total. The lowest BCUT2D eigenvalue weighted by Gasteiger charge is -2.14. The number of hydrazine groups is 1. The van der Waals surface area contributed by atoms with E-state index in [-0.39, 0.29) is 11.6 Å². The Labute approximate surface area is 109 Å². The van der Waals surface area contributed by atoms with E-state index in [1.165, 1.54) is 12.8 Å². The number of rotatable bonds is 4. The van der Waals surface area contributed by atoms with Gasteiger partial charge < -0.3 is 10.7 Å². The van der Waals surface area contributed by atoms with Crippen molar-refractivity contribution in [3.05, 3.63) is 17.7 Å². The number of alkyl halides is 3. The molecule has 0 amide bonds. The van der Waals surface area contributed by atoms with Crippen molar-refractivity contribution in [1.29, 1.82) is 0 Å². The minimum absolute atomic E-state index is 0.00347. The van der Waals surface area contributed by atoms with Crippen LogP contribution in [0.5, 0.6) is 0 Å². The summed E-state index contributed by atoms with van der Waals surface area (Å²) in [5, 5.41) is 2.97. The van der Waals surface area contributed by atoms with Crippen molar-refractivity contribution >= 4 is 11.6 Å². The van der Waals surface area contributed by atoms with Gasteiger partial charge in [0.05, 0.1) is 5.56 Å². The fourth-order valence-corrected chi connectivity index (χ4v) is 2.32. The van der Waals surface area contributed by atoms with Crippen LogP contribution < -0.4 is 16.6 Å². The van der Waals surface area contributed by atoms with Crippen LogP contribution in [0.25, 0.3) is 0 Å². The van der Waals surface area contributed by atoms with Gasteiger partial charge in [0.15, 0.2) is 0 Å². The molecule has 1 aromatic heterocycles. The van der Waals surface area contributed by atoms with Crippen molar-refractivity contribution in [2.24, 2.45) is 11.8 Å². The summed E-state index contributed by atoms with van der Waals surface area (Å²) in [6, 6.07) is 1.90. The zero-order valence-corrected chi connectivity index (χ0v) is 10.4. The molecule has 0 spiro atoms. The van der Waals surface area contributed by atoms with Crippen molar-refractivity contribution in [1.82, 2.24) is 4.98 Å². The van der Waals surface area contributed by atoms with Crippen molar-refractivity contribution < 1.29 is 13.2 Å². The highest BCUT2D eigenvalue weighted by Gasteiger charge is 2.31. The predicted molar refractivity (Wildman–Crippen MR) is 67.5 cm³/mol. The molecule has 7 heteroatoms. The zero-order chi connectivity index (χ0) is 13.9. The van der Waals surface area contributed by atoms with Gasteiger partial charge in [0, 0.05) is 6.54 Å². The van der Waals surface area contributed by atoms with Crippen LogP contribution in [0.3, 0.4) is 0 Å². The molecule has 1 aromatic rings. The third-order valence-electron chi connectivity index (χ3n) is 3.35. The number of pyridine rings is 1. The Balaban J connectivity index is 2.10. The first kappa shape index (κ1) is 13.9. The summed E-state index contributed by atoms with van der Waals surface area (Å²) < 4.78 is 38.1. The highest BCUT2D eigenvalue weighted by Crippen LogP contribution is 2.32. The van der Waals surface area contributed by atoms with Gasteiger partial charge in [-0.1, -0.05) is 12.8 Å². The van der Waals surface area contributed by atoms with Crippen LogP contribution >= 0.6 is 0 Å². The Morgan fingerprint density at radius 2 is 1.84 bits per heavy atom. The Hall–Kier alpha value is -1.50. The molecule has 0 saturated heterocycles. The summed E-state index contributed by atoms with van der Waals surface area (Å²) >= 11 is 0. The van der Waals surface area contributed by atoms with E-state index in [0.717, 1.165) is 25.0 Å². The van der Waals surface area contributed by atoms with Gasteiger partial charge in [-0.05, 0) is 30.9 Å². The van der Waals surface area contributed by atoms with E-state index >= 15 is 0 Å². The standard InChI is InChI=1S/C12H17F3N4/c13-12(14,15)9-5-10(18-11(6-9)19-16)17-7-8-3-1-2-4-8/h5-6,8H,1-4,7,16H2,(H2,17,18,19). The van der Waals surface area contributed by atoms with Gasteiger partial charge >= 0.3 is 6.18 Å². The van der Waals surface area contributed by atoms with Crippen LogP contribution in [0.15, 0.2) is 12.1 Å². The van der Waals surface area contributed by atoms with Gasteiger partial charge in [0.1, 0.15) is 11.6 Å². The molecule has 1 aliphatic rings. The molecule has 0 unspecified atom stereocenters. The fraction of sp³-hybridized carbons (Fsp3) is 0.583. The molecule has 4 N–H and O–H groups in total. The minimum atomic E-state index is -4.40. The number of nitrogens with zero attached hydrogens (tertiary/aromatic N) is 1. The third-order valence-corrected chi connectivity index (χ3v) is 3.35. The number of anilines is 2. The van der Waals surface area contributed by atoms with E-state index in [2.05, 4.69) is 15.7 Å². The zero-order valence-electron chi connectivity index (χ0n) is 10.4. The molecule has 0 bridgehead atoms. The first-order valence-electron chi connectivity index (χ1n) is 6.29. The van der Waals surface area contributed by atoms with E-state index in [1.807, 2.05) is 0 Å². The smallest absolute Gasteiger partial charge is 0.370 e. The lowest BCUT2D eigenvalue weighted by atomic mass is 10.1. The molecule has 0 aromatic carbocycles. The number of aromatic nitrogens is 1. The number of nitrogens with two attached hydrogens (primary N) is 1. The first-order valence-corrected chi connectivity index (χ1v) is 6.29. The topological polar surface area (TPSA) is 63.0 Å². The van der Waals surface area contributed by atoms with E-state index in [4.69, 9.17) is 5.84 Å². The van der Waals surface area contributed by atoms with E-state index < -0.39 is 11.7 Å². The van der Waals surface area contributed by atoms with Crippen LogP contribution in [-0.4, -0.2) is 11.5 Å². The molecule has 0 atom stereocenters. The average Bonchev–Trinajstić information content (AvgIpc) is 2.88. The maximum absolute atomic E-state index is 12.7. The van der Waals surface area contributed by atoms with E-state index in [1.54, 1.807) is 0 Å². The molecule has 1 saturated carbocycles. The third kappa shape index (κ3) is 3.73. The van der Waals surface area contributed by atoms with Crippen molar-refractivity contribution in [2.45, 2.75) is 31.9 Å². The van der Waals surface area contributed by atoms with E-state index in [0.29, 0.717) is 12.5 Å². The molecule has 0 aliphatic heterocycles. The molecule has 19 heavy (non-hydrogen) atoms. The van der Waals surface area contributed by atoms with E-state index in [9.17, 15) is 13.2 Å². The van der Waals surface area contributed by atoms with Gasteiger partial charge in [-0.15, -0.1) is 0 Å². The molecule has 106 valence electrons. The maximum atomic E-state index is 12.7. The van der Waals surface area contributed by atoms with Crippen LogP contribution in [-0.2, 0) is 6.18 Å². The quantitative estimate of drug-likeness (QED) is 0.583. The summed E-state index contributed by atoms with van der Waals surface area (Å²) in [5.41, 5.74) is 1.40.